The highest BCUT2D eigenvalue weighted by molar-refractivity contribution is 5.40. The minimum atomic E-state index is -1.05. The van der Waals surface area contributed by atoms with Crippen LogP contribution in [-0.4, -0.2) is 37.4 Å². The molecule has 0 bridgehead atoms. The molecule has 0 amide bonds. The van der Waals surface area contributed by atoms with E-state index in [1.54, 1.807) is 25.4 Å². The van der Waals surface area contributed by atoms with Gasteiger partial charge in [0, 0.05) is 18.9 Å². The predicted molar refractivity (Wildman–Crippen MR) is 58.7 cm³/mol. The third-order valence-corrected chi connectivity index (χ3v) is 2.21. The lowest BCUT2D eigenvalue weighted by atomic mass is 10.0. The molecule has 2 rings (SSSR count). The average Bonchev–Trinajstić information content (AvgIpc) is 2.78. The fourth-order valence-electron chi connectivity index (χ4n) is 1.23. The summed E-state index contributed by atoms with van der Waals surface area (Å²) in [6.45, 7) is 1.72. The number of nitrogens with two attached hydrogens (primary N) is 1. The van der Waals surface area contributed by atoms with Crippen LogP contribution >= 0.6 is 0 Å². The lowest BCUT2D eigenvalue weighted by Crippen LogP contribution is -2.36. The molecule has 1 atom stereocenters. The number of nitrogens with zero attached hydrogens (tertiary/aromatic N) is 4. The van der Waals surface area contributed by atoms with Gasteiger partial charge in [0.15, 0.2) is 0 Å². The summed E-state index contributed by atoms with van der Waals surface area (Å²) in [6, 6.07) is 1.70. The molecular formula is C10H13N5O2. The predicted octanol–water partition coefficient (Wildman–Crippen LogP) is -0.221. The normalized spacial score (nSPS) is 14.5. The van der Waals surface area contributed by atoms with E-state index < -0.39 is 5.60 Å². The van der Waals surface area contributed by atoms with Gasteiger partial charge in [-0.25, -0.2) is 9.97 Å². The molecule has 2 heterocycles. The Kier molecular flexibility index (Phi) is 3.12. The van der Waals surface area contributed by atoms with Crippen molar-refractivity contribution in [2.24, 2.45) is 5.73 Å². The molecule has 2 aromatic rings. The topological polar surface area (TPSA) is 111 Å². The van der Waals surface area contributed by atoms with Gasteiger partial charge in [0.1, 0.15) is 0 Å². The molecule has 2 aromatic heterocycles. The molecule has 0 aromatic carbocycles. The van der Waals surface area contributed by atoms with E-state index in [0.717, 1.165) is 0 Å². The molecule has 0 spiro atoms. The zero-order valence-electron chi connectivity index (χ0n) is 9.37. The fourth-order valence-corrected chi connectivity index (χ4v) is 1.23. The molecular weight excluding hydrogens is 222 g/mol. The molecule has 90 valence electrons. The number of hydrogen-bond donors (Lipinski definition) is 2. The minimum absolute atomic E-state index is 0.118. The van der Waals surface area contributed by atoms with E-state index in [1.165, 1.54) is 0 Å². The fraction of sp³-hybridized carbons (Fsp3) is 0.400. The van der Waals surface area contributed by atoms with E-state index in [2.05, 4.69) is 20.1 Å². The Morgan fingerprint density at radius 2 is 2.06 bits per heavy atom. The molecule has 0 aliphatic heterocycles. The Balaban J connectivity index is 2.17. The van der Waals surface area contributed by atoms with Crippen LogP contribution < -0.4 is 5.73 Å². The van der Waals surface area contributed by atoms with Gasteiger partial charge < -0.3 is 15.4 Å². The largest absolute Gasteiger partial charge is 0.388 e. The summed E-state index contributed by atoms with van der Waals surface area (Å²) in [5, 5.41) is 13.5. The third kappa shape index (κ3) is 2.83. The van der Waals surface area contributed by atoms with Crippen molar-refractivity contribution in [3.05, 3.63) is 24.4 Å². The lowest BCUT2D eigenvalue weighted by molar-refractivity contribution is 0.0610. The maximum absolute atomic E-state index is 9.77. The molecule has 1 unspecified atom stereocenters. The highest BCUT2D eigenvalue weighted by Crippen LogP contribution is 2.14. The molecule has 7 nitrogen and oxygen atoms in total. The second-order valence-electron chi connectivity index (χ2n) is 3.96. The first kappa shape index (κ1) is 11.6. The van der Waals surface area contributed by atoms with Crippen LogP contribution in [0.4, 0.5) is 0 Å². The van der Waals surface area contributed by atoms with Crippen molar-refractivity contribution in [1.29, 1.82) is 0 Å². The van der Waals surface area contributed by atoms with Crippen LogP contribution in [0.15, 0.2) is 23.0 Å². The van der Waals surface area contributed by atoms with E-state index in [0.29, 0.717) is 17.5 Å². The Morgan fingerprint density at radius 3 is 2.71 bits per heavy atom. The van der Waals surface area contributed by atoms with Gasteiger partial charge >= 0.3 is 0 Å². The number of rotatable bonds is 4. The van der Waals surface area contributed by atoms with Crippen molar-refractivity contribution >= 4 is 0 Å². The second-order valence-corrected chi connectivity index (χ2v) is 3.96. The summed E-state index contributed by atoms with van der Waals surface area (Å²) < 4.78 is 5.00. The van der Waals surface area contributed by atoms with Gasteiger partial charge in [-0.1, -0.05) is 5.16 Å². The van der Waals surface area contributed by atoms with E-state index in [-0.39, 0.29) is 13.0 Å². The van der Waals surface area contributed by atoms with E-state index in [1.807, 2.05) is 0 Å². The number of hydrogen-bond acceptors (Lipinski definition) is 7. The monoisotopic (exact) mass is 235 g/mol. The standard InChI is InChI=1S/C10H13N5O2/c1-10(16,6-11)5-7-14-9(15-17-7)8-12-3-2-4-13-8/h2-4,16H,5-6,11H2,1H3. The van der Waals surface area contributed by atoms with E-state index in [9.17, 15) is 5.11 Å². The van der Waals surface area contributed by atoms with Crippen LogP contribution in [0.3, 0.4) is 0 Å². The van der Waals surface area contributed by atoms with Crippen molar-refractivity contribution in [2.75, 3.05) is 6.54 Å². The quantitative estimate of drug-likeness (QED) is 0.753. The first-order chi connectivity index (χ1) is 8.11. The average molecular weight is 235 g/mol. The van der Waals surface area contributed by atoms with Gasteiger partial charge in [-0.15, -0.1) is 0 Å². The lowest BCUT2D eigenvalue weighted by Gasteiger charge is -2.17. The Hall–Kier alpha value is -1.86. The van der Waals surface area contributed by atoms with Crippen LogP contribution in [-0.2, 0) is 6.42 Å². The SMILES string of the molecule is CC(O)(CN)Cc1nc(-c2ncccn2)no1. The summed E-state index contributed by atoms with van der Waals surface area (Å²) >= 11 is 0. The van der Waals surface area contributed by atoms with Crippen molar-refractivity contribution in [1.82, 2.24) is 20.1 Å². The molecule has 3 N–H and O–H groups in total. The number of aliphatic hydroxyl groups is 1. The van der Waals surface area contributed by atoms with Gasteiger partial charge in [0.25, 0.3) is 0 Å². The summed E-state index contributed by atoms with van der Waals surface area (Å²) in [5.41, 5.74) is 4.35. The van der Waals surface area contributed by atoms with Gasteiger partial charge in [-0.05, 0) is 13.0 Å². The van der Waals surface area contributed by atoms with Crippen LogP contribution in [0.5, 0.6) is 0 Å². The van der Waals surface area contributed by atoms with E-state index >= 15 is 0 Å². The highest BCUT2D eigenvalue weighted by atomic mass is 16.5. The van der Waals surface area contributed by atoms with Crippen molar-refractivity contribution in [3.63, 3.8) is 0 Å². The second kappa shape index (κ2) is 4.56. The Labute approximate surface area is 97.7 Å². The third-order valence-electron chi connectivity index (χ3n) is 2.21. The smallest absolute Gasteiger partial charge is 0.240 e. The summed E-state index contributed by atoms with van der Waals surface area (Å²) in [6.07, 6.45) is 3.38. The zero-order chi connectivity index (χ0) is 12.3. The van der Waals surface area contributed by atoms with Crippen molar-refractivity contribution in [3.8, 4) is 11.6 Å². The van der Waals surface area contributed by atoms with E-state index in [4.69, 9.17) is 10.3 Å². The van der Waals surface area contributed by atoms with Crippen LogP contribution in [0, 0.1) is 0 Å². The Morgan fingerprint density at radius 1 is 1.35 bits per heavy atom. The molecule has 0 radical (unpaired) electrons. The van der Waals surface area contributed by atoms with Gasteiger partial charge in [0.2, 0.25) is 17.5 Å². The van der Waals surface area contributed by atoms with Crippen LogP contribution in [0.1, 0.15) is 12.8 Å². The maximum atomic E-state index is 9.77. The minimum Gasteiger partial charge on any atom is -0.388 e. The molecule has 17 heavy (non-hydrogen) atoms. The van der Waals surface area contributed by atoms with Crippen LogP contribution in [0.2, 0.25) is 0 Å². The van der Waals surface area contributed by atoms with Crippen LogP contribution in [0.25, 0.3) is 11.6 Å². The zero-order valence-corrected chi connectivity index (χ0v) is 9.37. The molecule has 0 saturated carbocycles. The molecule has 0 aliphatic carbocycles. The van der Waals surface area contributed by atoms with Crippen molar-refractivity contribution < 1.29 is 9.63 Å². The summed E-state index contributed by atoms with van der Waals surface area (Å²) in [5.74, 6) is 0.992. The number of aromatic nitrogens is 4. The first-order valence-electron chi connectivity index (χ1n) is 5.13. The van der Waals surface area contributed by atoms with Crippen molar-refractivity contribution in [2.45, 2.75) is 18.9 Å². The maximum Gasteiger partial charge on any atom is 0.240 e. The first-order valence-corrected chi connectivity index (χ1v) is 5.13. The highest BCUT2D eigenvalue weighted by Gasteiger charge is 2.23. The van der Waals surface area contributed by atoms with Gasteiger partial charge in [-0.3, -0.25) is 0 Å². The molecule has 0 fully saturated rings. The van der Waals surface area contributed by atoms with Gasteiger partial charge in [-0.2, -0.15) is 4.98 Å². The summed E-state index contributed by atoms with van der Waals surface area (Å²) in [4.78, 5) is 12.1. The molecule has 0 saturated heterocycles. The molecule has 0 aliphatic rings. The molecule has 7 heteroatoms. The van der Waals surface area contributed by atoms with Gasteiger partial charge in [0.05, 0.1) is 12.0 Å². The Bertz CT molecular complexity index is 482. The summed E-state index contributed by atoms with van der Waals surface area (Å²) in [7, 11) is 0.